The highest BCUT2D eigenvalue weighted by molar-refractivity contribution is 5.50. The smallest absolute Gasteiger partial charge is 0.214 e. The minimum absolute atomic E-state index is 0.227. The summed E-state index contributed by atoms with van der Waals surface area (Å²) >= 11 is 0. The molecule has 96 valence electrons. The van der Waals surface area contributed by atoms with Crippen LogP contribution in [0, 0.1) is 11.3 Å². The second kappa shape index (κ2) is 5.69. The van der Waals surface area contributed by atoms with Crippen LogP contribution in [0.5, 0.6) is 5.88 Å². The van der Waals surface area contributed by atoms with Crippen LogP contribution in [0.3, 0.4) is 0 Å². The molecule has 0 spiro atoms. The summed E-state index contributed by atoms with van der Waals surface area (Å²) in [5.41, 5.74) is 6.22. The van der Waals surface area contributed by atoms with Gasteiger partial charge in [-0.1, -0.05) is 0 Å². The van der Waals surface area contributed by atoms with Crippen LogP contribution in [-0.4, -0.2) is 36.1 Å². The summed E-state index contributed by atoms with van der Waals surface area (Å²) in [5, 5.41) is 8.82. The first kappa shape index (κ1) is 12.7. The zero-order chi connectivity index (χ0) is 13.0. The number of hydrogen-bond acceptors (Lipinski definition) is 5. The molecule has 0 aliphatic carbocycles. The van der Waals surface area contributed by atoms with E-state index in [1.807, 2.05) is 6.07 Å². The van der Waals surface area contributed by atoms with Gasteiger partial charge in [-0.05, 0) is 38.9 Å². The number of pyridine rings is 1. The highest BCUT2D eigenvalue weighted by Crippen LogP contribution is 2.19. The van der Waals surface area contributed by atoms with E-state index in [0.29, 0.717) is 24.2 Å². The molecule has 2 N–H and O–H groups in total. The van der Waals surface area contributed by atoms with Crippen molar-refractivity contribution in [2.75, 3.05) is 25.9 Å². The number of nitrogens with two attached hydrogens (primary N) is 1. The van der Waals surface area contributed by atoms with Gasteiger partial charge in [0.2, 0.25) is 5.88 Å². The Labute approximate surface area is 107 Å². The number of likely N-dealkylation sites (tertiary alicyclic amines) is 1. The first-order valence-corrected chi connectivity index (χ1v) is 6.20. The molecule has 1 atom stereocenters. The lowest BCUT2D eigenvalue weighted by Crippen LogP contribution is -2.26. The van der Waals surface area contributed by atoms with Crippen molar-refractivity contribution in [3.8, 4) is 11.9 Å². The van der Waals surface area contributed by atoms with E-state index in [2.05, 4.69) is 16.9 Å². The van der Waals surface area contributed by atoms with Crippen molar-refractivity contribution in [1.29, 1.82) is 5.26 Å². The molecule has 1 aliphatic rings. The molecule has 1 unspecified atom stereocenters. The predicted octanol–water partition coefficient (Wildman–Crippen LogP) is 1.40. The van der Waals surface area contributed by atoms with Crippen molar-refractivity contribution in [2.24, 2.45) is 0 Å². The number of rotatable bonds is 4. The van der Waals surface area contributed by atoms with E-state index in [0.717, 1.165) is 6.42 Å². The zero-order valence-corrected chi connectivity index (χ0v) is 10.6. The third kappa shape index (κ3) is 2.90. The molecule has 1 aromatic heterocycles. The van der Waals surface area contributed by atoms with Crippen LogP contribution >= 0.6 is 0 Å². The monoisotopic (exact) mass is 246 g/mol. The lowest BCUT2D eigenvalue weighted by atomic mass is 10.1. The summed E-state index contributed by atoms with van der Waals surface area (Å²) in [7, 11) is 2.15. The maximum atomic E-state index is 8.82. The summed E-state index contributed by atoms with van der Waals surface area (Å²) in [4.78, 5) is 6.41. The van der Waals surface area contributed by atoms with Gasteiger partial charge in [-0.3, -0.25) is 0 Å². The van der Waals surface area contributed by atoms with E-state index in [1.165, 1.54) is 19.4 Å². The third-order valence-electron chi connectivity index (χ3n) is 3.38. The lowest BCUT2D eigenvalue weighted by Gasteiger charge is -2.19. The molecule has 0 radical (unpaired) electrons. The van der Waals surface area contributed by atoms with E-state index in [4.69, 9.17) is 15.7 Å². The molecule has 1 aliphatic heterocycles. The molecule has 0 aromatic carbocycles. The predicted molar refractivity (Wildman–Crippen MR) is 69.1 cm³/mol. The Balaban J connectivity index is 1.85. The van der Waals surface area contributed by atoms with Gasteiger partial charge in [0, 0.05) is 12.1 Å². The fourth-order valence-electron chi connectivity index (χ4n) is 2.27. The van der Waals surface area contributed by atoms with E-state index in [-0.39, 0.29) is 5.69 Å². The number of hydrogen-bond donors (Lipinski definition) is 1. The van der Waals surface area contributed by atoms with Crippen LogP contribution < -0.4 is 10.5 Å². The second-order valence-corrected chi connectivity index (χ2v) is 4.61. The Morgan fingerprint density at radius 2 is 2.44 bits per heavy atom. The van der Waals surface area contributed by atoms with E-state index in [1.54, 1.807) is 12.1 Å². The van der Waals surface area contributed by atoms with Crippen LogP contribution in [0.15, 0.2) is 12.1 Å². The number of ether oxygens (including phenoxy) is 1. The van der Waals surface area contributed by atoms with Gasteiger partial charge in [0.15, 0.2) is 5.69 Å². The largest absolute Gasteiger partial charge is 0.478 e. The number of anilines is 1. The summed E-state index contributed by atoms with van der Waals surface area (Å²) in [5.74, 6) is 0.474. The first-order valence-electron chi connectivity index (χ1n) is 6.20. The average molecular weight is 246 g/mol. The quantitative estimate of drug-likeness (QED) is 0.869. The summed E-state index contributed by atoms with van der Waals surface area (Å²) in [6.45, 7) is 1.79. The third-order valence-corrected chi connectivity index (χ3v) is 3.38. The van der Waals surface area contributed by atoms with Crippen molar-refractivity contribution in [3.05, 3.63) is 17.8 Å². The molecular weight excluding hydrogens is 228 g/mol. The van der Waals surface area contributed by atoms with Crippen LogP contribution in [0.25, 0.3) is 0 Å². The Kier molecular flexibility index (Phi) is 4.00. The van der Waals surface area contributed by atoms with Gasteiger partial charge in [-0.2, -0.15) is 5.26 Å². The topological polar surface area (TPSA) is 75.2 Å². The van der Waals surface area contributed by atoms with Crippen molar-refractivity contribution < 1.29 is 4.74 Å². The fourth-order valence-corrected chi connectivity index (χ4v) is 2.27. The summed E-state index contributed by atoms with van der Waals surface area (Å²) < 4.78 is 5.57. The fraction of sp³-hybridized carbons (Fsp3) is 0.538. The van der Waals surface area contributed by atoms with Crippen molar-refractivity contribution in [1.82, 2.24) is 9.88 Å². The van der Waals surface area contributed by atoms with Crippen molar-refractivity contribution in [2.45, 2.75) is 25.3 Å². The normalized spacial score (nSPS) is 19.7. The number of nitrogen functional groups attached to an aromatic ring is 1. The highest BCUT2D eigenvalue weighted by Gasteiger charge is 2.20. The van der Waals surface area contributed by atoms with E-state index in [9.17, 15) is 0 Å². The van der Waals surface area contributed by atoms with Crippen LogP contribution in [0.1, 0.15) is 25.0 Å². The van der Waals surface area contributed by atoms with Gasteiger partial charge in [0.1, 0.15) is 6.07 Å². The summed E-state index contributed by atoms with van der Waals surface area (Å²) in [6, 6.07) is 5.91. The molecule has 0 saturated carbocycles. The first-order chi connectivity index (χ1) is 8.70. The molecule has 0 bridgehead atoms. The molecule has 5 heteroatoms. The second-order valence-electron chi connectivity index (χ2n) is 4.61. The zero-order valence-electron chi connectivity index (χ0n) is 10.6. The minimum Gasteiger partial charge on any atom is -0.478 e. The molecule has 0 amide bonds. The Hall–Kier alpha value is -1.80. The van der Waals surface area contributed by atoms with Gasteiger partial charge in [0.05, 0.1) is 12.3 Å². The van der Waals surface area contributed by atoms with Crippen molar-refractivity contribution >= 4 is 5.69 Å². The molecule has 1 saturated heterocycles. The molecule has 5 nitrogen and oxygen atoms in total. The molecule has 18 heavy (non-hydrogen) atoms. The Morgan fingerprint density at radius 1 is 1.61 bits per heavy atom. The molecule has 2 heterocycles. The Morgan fingerprint density at radius 3 is 3.11 bits per heavy atom. The van der Waals surface area contributed by atoms with E-state index < -0.39 is 0 Å². The van der Waals surface area contributed by atoms with Gasteiger partial charge in [0.25, 0.3) is 0 Å². The minimum atomic E-state index is 0.227. The molecule has 1 aromatic rings. The number of aromatic nitrogens is 1. The highest BCUT2D eigenvalue weighted by atomic mass is 16.5. The number of nitriles is 1. The Bertz CT molecular complexity index is 455. The molecular formula is C13H18N4O. The molecule has 1 fully saturated rings. The maximum Gasteiger partial charge on any atom is 0.214 e. The van der Waals surface area contributed by atoms with Gasteiger partial charge in [-0.25, -0.2) is 4.98 Å². The number of nitrogens with zero attached hydrogens (tertiary/aromatic N) is 3. The van der Waals surface area contributed by atoms with Gasteiger partial charge < -0.3 is 15.4 Å². The summed E-state index contributed by atoms with van der Waals surface area (Å²) in [6.07, 6.45) is 3.49. The standard InChI is InChI=1S/C13H18N4O/c1-17-7-2-3-10(17)6-8-18-13-5-4-11(15)12(9-14)16-13/h4-5,10H,2-3,6-8,15H2,1H3. The SMILES string of the molecule is CN1CCCC1CCOc1ccc(N)c(C#N)n1. The van der Waals surface area contributed by atoms with Crippen LogP contribution in [0.4, 0.5) is 5.69 Å². The maximum absolute atomic E-state index is 8.82. The van der Waals surface area contributed by atoms with Gasteiger partial charge >= 0.3 is 0 Å². The van der Waals surface area contributed by atoms with E-state index >= 15 is 0 Å². The lowest BCUT2D eigenvalue weighted by molar-refractivity contribution is 0.228. The van der Waals surface area contributed by atoms with Crippen LogP contribution in [-0.2, 0) is 0 Å². The van der Waals surface area contributed by atoms with Gasteiger partial charge in [-0.15, -0.1) is 0 Å². The van der Waals surface area contributed by atoms with Crippen molar-refractivity contribution in [3.63, 3.8) is 0 Å². The van der Waals surface area contributed by atoms with Crippen LogP contribution in [0.2, 0.25) is 0 Å². The average Bonchev–Trinajstić information content (AvgIpc) is 2.77. The molecule has 2 rings (SSSR count).